The highest BCUT2D eigenvalue weighted by atomic mass is 15.1. The Morgan fingerprint density at radius 3 is 3.00 bits per heavy atom. The third kappa shape index (κ3) is 1.75. The third-order valence-corrected chi connectivity index (χ3v) is 2.98. The summed E-state index contributed by atoms with van der Waals surface area (Å²) in [6, 6.07) is 10.3. The molecule has 0 bridgehead atoms. The van der Waals surface area contributed by atoms with Gasteiger partial charge in [-0.05, 0) is 50.6 Å². The highest BCUT2D eigenvalue weighted by Crippen LogP contribution is 2.22. The van der Waals surface area contributed by atoms with Crippen molar-refractivity contribution in [2.75, 3.05) is 14.1 Å². The normalized spacial score (nSPS) is 21.6. The predicted octanol–water partition coefficient (Wildman–Crippen LogP) is 1.91. The van der Waals surface area contributed by atoms with Crippen molar-refractivity contribution in [2.24, 2.45) is 0 Å². The Morgan fingerprint density at radius 1 is 1.38 bits per heavy atom. The van der Waals surface area contributed by atoms with Crippen LogP contribution in [0.5, 0.6) is 0 Å². The molecule has 0 spiro atoms. The Hall–Kier alpha value is -0.820. The molecule has 0 aromatic heterocycles. The summed E-state index contributed by atoms with van der Waals surface area (Å²) in [4.78, 5) is 2.33. The number of hydrogen-bond acceptors (Lipinski definition) is 1. The van der Waals surface area contributed by atoms with Crippen LogP contribution in [-0.4, -0.2) is 25.0 Å². The summed E-state index contributed by atoms with van der Waals surface area (Å²) in [7, 11) is 4.34. The van der Waals surface area contributed by atoms with Crippen LogP contribution < -0.4 is 0 Å². The van der Waals surface area contributed by atoms with Crippen LogP contribution in [0.3, 0.4) is 0 Å². The first-order valence-electron chi connectivity index (χ1n) is 4.91. The lowest BCUT2D eigenvalue weighted by Gasteiger charge is -2.29. The maximum Gasteiger partial charge on any atom is 0.0133 e. The predicted molar refractivity (Wildman–Crippen MR) is 54.8 cm³/mol. The van der Waals surface area contributed by atoms with E-state index in [1.807, 2.05) is 6.07 Å². The smallest absolute Gasteiger partial charge is 0.0133 e. The molecule has 1 heteroatoms. The highest BCUT2D eigenvalue weighted by Gasteiger charge is 2.19. The fourth-order valence-electron chi connectivity index (χ4n) is 2.05. The van der Waals surface area contributed by atoms with Crippen LogP contribution in [0.2, 0.25) is 0 Å². The number of benzene rings is 1. The van der Waals surface area contributed by atoms with Gasteiger partial charge in [0.2, 0.25) is 0 Å². The van der Waals surface area contributed by atoms with E-state index in [0.717, 1.165) is 6.04 Å². The average molecular weight is 174 g/mol. The number of likely N-dealkylation sites (N-methyl/N-ethyl adjacent to an activating group) is 1. The van der Waals surface area contributed by atoms with Crippen LogP contribution in [0.15, 0.2) is 18.2 Å². The minimum Gasteiger partial charge on any atom is -0.306 e. The van der Waals surface area contributed by atoms with Crippen molar-refractivity contribution in [3.63, 3.8) is 0 Å². The van der Waals surface area contributed by atoms with Crippen molar-refractivity contribution >= 4 is 0 Å². The van der Waals surface area contributed by atoms with Gasteiger partial charge in [-0.2, -0.15) is 0 Å². The number of aryl methyl sites for hydroxylation is 1. The van der Waals surface area contributed by atoms with Crippen molar-refractivity contribution < 1.29 is 0 Å². The molecule has 1 aliphatic rings. The Kier molecular flexibility index (Phi) is 2.36. The molecule has 1 aromatic rings. The van der Waals surface area contributed by atoms with E-state index in [4.69, 9.17) is 0 Å². The van der Waals surface area contributed by atoms with Crippen molar-refractivity contribution in [3.8, 4) is 0 Å². The molecule has 0 N–H and O–H groups in total. The van der Waals surface area contributed by atoms with E-state index in [0.29, 0.717) is 0 Å². The maximum absolute atomic E-state index is 3.16. The molecule has 1 atom stereocenters. The Labute approximate surface area is 80.4 Å². The molecule has 1 unspecified atom stereocenters. The maximum atomic E-state index is 3.16. The Morgan fingerprint density at radius 2 is 2.23 bits per heavy atom. The molecule has 0 aliphatic heterocycles. The van der Waals surface area contributed by atoms with Crippen LogP contribution in [0.1, 0.15) is 17.5 Å². The van der Waals surface area contributed by atoms with Gasteiger partial charge in [-0.25, -0.2) is 0 Å². The van der Waals surface area contributed by atoms with Crippen molar-refractivity contribution in [1.82, 2.24) is 4.90 Å². The van der Waals surface area contributed by atoms with Gasteiger partial charge < -0.3 is 4.90 Å². The molecule has 0 amide bonds. The molecule has 1 radical (unpaired) electrons. The lowest BCUT2D eigenvalue weighted by molar-refractivity contribution is 0.268. The molecule has 69 valence electrons. The summed E-state index contributed by atoms with van der Waals surface area (Å²) in [5.41, 5.74) is 3.02. The highest BCUT2D eigenvalue weighted by molar-refractivity contribution is 5.29. The van der Waals surface area contributed by atoms with E-state index >= 15 is 0 Å². The summed E-state index contributed by atoms with van der Waals surface area (Å²) in [6.45, 7) is 0. The van der Waals surface area contributed by atoms with Crippen molar-refractivity contribution in [2.45, 2.75) is 25.3 Å². The number of hydrogen-bond donors (Lipinski definition) is 0. The molecule has 0 fully saturated rings. The lowest BCUT2D eigenvalue weighted by atomic mass is 9.88. The molecular weight excluding hydrogens is 158 g/mol. The third-order valence-electron chi connectivity index (χ3n) is 2.98. The van der Waals surface area contributed by atoms with Crippen LogP contribution in [0.4, 0.5) is 0 Å². The zero-order valence-corrected chi connectivity index (χ0v) is 8.38. The first-order chi connectivity index (χ1) is 6.27. The van der Waals surface area contributed by atoms with Gasteiger partial charge in [0.25, 0.3) is 0 Å². The standard InChI is InChI=1S/C12H16N/c1-13(2)12-8-7-10-5-3-4-6-11(10)9-12/h3,5-6,12H,7-9H2,1-2H3. The monoisotopic (exact) mass is 174 g/mol. The summed E-state index contributed by atoms with van der Waals surface area (Å²) < 4.78 is 0. The average Bonchev–Trinajstić information content (AvgIpc) is 2.17. The van der Waals surface area contributed by atoms with Crippen LogP contribution in [0, 0.1) is 6.07 Å². The molecule has 2 rings (SSSR count). The minimum absolute atomic E-state index is 0.725. The van der Waals surface area contributed by atoms with Crippen LogP contribution in [0.25, 0.3) is 0 Å². The summed E-state index contributed by atoms with van der Waals surface area (Å²) in [5.74, 6) is 0. The summed E-state index contributed by atoms with van der Waals surface area (Å²) >= 11 is 0. The van der Waals surface area contributed by atoms with Gasteiger partial charge in [0, 0.05) is 6.04 Å². The molecule has 0 saturated heterocycles. The van der Waals surface area contributed by atoms with Gasteiger partial charge in [-0.1, -0.05) is 18.2 Å². The van der Waals surface area contributed by atoms with E-state index in [1.165, 1.54) is 30.4 Å². The minimum atomic E-state index is 0.725. The van der Waals surface area contributed by atoms with Gasteiger partial charge >= 0.3 is 0 Å². The summed E-state index contributed by atoms with van der Waals surface area (Å²) in [6.07, 6.45) is 3.72. The fraction of sp³-hybridized carbons (Fsp3) is 0.500. The van der Waals surface area contributed by atoms with Crippen LogP contribution >= 0.6 is 0 Å². The Balaban J connectivity index is 2.20. The summed E-state index contributed by atoms with van der Waals surface area (Å²) in [5, 5.41) is 0. The van der Waals surface area contributed by atoms with Gasteiger partial charge in [0.15, 0.2) is 0 Å². The van der Waals surface area contributed by atoms with Crippen LogP contribution in [-0.2, 0) is 12.8 Å². The second-order valence-electron chi connectivity index (χ2n) is 4.06. The van der Waals surface area contributed by atoms with Gasteiger partial charge in [0.1, 0.15) is 0 Å². The molecule has 0 heterocycles. The van der Waals surface area contributed by atoms with Gasteiger partial charge in [0.05, 0.1) is 0 Å². The zero-order valence-electron chi connectivity index (χ0n) is 8.38. The fourth-order valence-corrected chi connectivity index (χ4v) is 2.05. The Bertz CT molecular complexity index is 291. The van der Waals surface area contributed by atoms with Crippen molar-refractivity contribution in [3.05, 3.63) is 35.4 Å². The first kappa shape index (κ1) is 8.76. The SMILES string of the molecule is CN(C)C1CCc2cc[c]cc2C1. The lowest BCUT2D eigenvalue weighted by Crippen LogP contribution is -2.33. The second kappa shape index (κ2) is 3.51. The zero-order chi connectivity index (χ0) is 9.26. The number of nitrogens with zero attached hydrogens (tertiary/aromatic N) is 1. The van der Waals surface area contributed by atoms with E-state index in [1.54, 1.807) is 0 Å². The second-order valence-corrected chi connectivity index (χ2v) is 4.06. The molecule has 1 aromatic carbocycles. The first-order valence-corrected chi connectivity index (χ1v) is 4.91. The van der Waals surface area contributed by atoms with E-state index in [9.17, 15) is 0 Å². The quantitative estimate of drug-likeness (QED) is 0.628. The number of rotatable bonds is 1. The topological polar surface area (TPSA) is 3.24 Å². The molecular formula is C12H16N. The largest absolute Gasteiger partial charge is 0.306 e. The van der Waals surface area contributed by atoms with Gasteiger partial charge in [-0.15, -0.1) is 0 Å². The van der Waals surface area contributed by atoms with Crippen molar-refractivity contribution in [1.29, 1.82) is 0 Å². The number of fused-ring (bicyclic) bond motifs is 1. The molecule has 0 saturated carbocycles. The van der Waals surface area contributed by atoms with E-state index < -0.39 is 0 Å². The van der Waals surface area contributed by atoms with E-state index in [-0.39, 0.29) is 0 Å². The molecule has 13 heavy (non-hydrogen) atoms. The molecule has 1 aliphatic carbocycles. The van der Waals surface area contributed by atoms with E-state index in [2.05, 4.69) is 37.2 Å². The van der Waals surface area contributed by atoms with Gasteiger partial charge in [-0.3, -0.25) is 0 Å². The molecule has 1 nitrogen and oxygen atoms in total.